The van der Waals surface area contributed by atoms with Gasteiger partial charge in [0.25, 0.3) is 0 Å². The van der Waals surface area contributed by atoms with Gasteiger partial charge >= 0.3 is 0 Å². The lowest BCUT2D eigenvalue weighted by atomic mass is 10.1. The number of anilines is 1. The van der Waals surface area contributed by atoms with Gasteiger partial charge in [0.05, 0.1) is 23.4 Å². The fourth-order valence-corrected chi connectivity index (χ4v) is 2.89. The lowest BCUT2D eigenvalue weighted by Gasteiger charge is -2.38. The average molecular weight is 282 g/mol. The van der Waals surface area contributed by atoms with E-state index in [4.69, 9.17) is 0 Å². The van der Waals surface area contributed by atoms with Gasteiger partial charge in [-0.2, -0.15) is 10.5 Å². The van der Waals surface area contributed by atoms with Crippen molar-refractivity contribution in [3.63, 3.8) is 0 Å². The Hall–Kier alpha value is -2.04. The van der Waals surface area contributed by atoms with Crippen molar-refractivity contribution in [2.75, 3.05) is 31.1 Å². The highest BCUT2D eigenvalue weighted by molar-refractivity contribution is 5.60. The van der Waals surface area contributed by atoms with E-state index < -0.39 is 0 Å². The summed E-state index contributed by atoms with van der Waals surface area (Å²) < 4.78 is 0. The smallest absolute Gasteiger partial charge is 0.101 e. The van der Waals surface area contributed by atoms with E-state index in [0.29, 0.717) is 0 Å². The van der Waals surface area contributed by atoms with Crippen LogP contribution in [0.1, 0.15) is 30.9 Å². The van der Waals surface area contributed by atoms with E-state index in [0.717, 1.165) is 55.8 Å². The van der Waals surface area contributed by atoms with Crippen LogP contribution in [-0.2, 0) is 0 Å². The minimum absolute atomic E-state index is 0.0330. The van der Waals surface area contributed by atoms with Gasteiger partial charge in [-0.1, -0.05) is 19.4 Å². The Kier molecular flexibility index (Phi) is 5.20. The molecule has 21 heavy (non-hydrogen) atoms. The monoisotopic (exact) mass is 282 g/mol. The van der Waals surface area contributed by atoms with Gasteiger partial charge in [0.15, 0.2) is 0 Å². The molecule has 1 unspecified atom stereocenters. The molecular formula is C17H22N4. The van der Waals surface area contributed by atoms with Crippen LogP contribution >= 0.6 is 0 Å². The second-order valence-corrected chi connectivity index (χ2v) is 5.59. The Balaban J connectivity index is 2.05. The first-order valence-electron chi connectivity index (χ1n) is 7.59. The van der Waals surface area contributed by atoms with Crippen molar-refractivity contribution in [3.8, 4) is 12.1 Å². The van der Waals surface area contributed by atoms with E-state index in [9.17, 15) is 10.5 Å². The summed E-state index contributed by atoms with van der Waals surface area (Å²) in [6, 6.07) is 10.8. The summed E-state index contributed by atoms with van der Waals surface area (Å²) in [4.78, 5) is 4.52. The van der Waals surface area contributed by atoms with Gasteiger partial charge in [-0.3, -0.25) is 4.90 Å². The summed E-state index contributed by atoms with van der Waals surface area (Å²) in [5.41, 5.74) is 2.88. The minimum atomic E-state index is 0.0330. The number of nitrogens with zero attached hydrogens (tertiary/aromatic N) is 4. The standard InChI is InChI=1S/C17H22N4/c1-3-4-16(13-19)20-7-9-21(10-8-20)17-6-5-14(2)11-15(17)12-18/h5-6,11,16H,3-4,7-10H2,1-2H3. The molecule has 0 saturated carbocycles. The van der Waals surface area contributed by atoms with E-state index in [1.54, 1.807) is 0 Å². The number of hydrogen-bond donors (Lipinski definition) is 0. The van der Waals surface area contributed by atoms with Crippen LogP contribution < -0.4 is 4.90 Å². The van der Waals surface area contributed by atoms with E-state index in [2.05, 4.69) is 34.9 Å². The number of piperazine rings is 1. The lowest BCUT2D eigenvalue weighted by Crippen LogP contribution is -2.50. The van der Waals surface area contributed by atoms with Crippen molar-refractivity contribution in [2.24, 2.45) is 0 Å². The number of aryl methyl sites for hydroxylation is 1. The third-order valence-corrected chi connectivity index (χ3v) is 4.08. The second kappa shape index (κ2) is 7.11. The van der Waals surface area contributed by atoms with E-state index in [1.807, 2.05) is 19.1 Å². The van der Waals surface area contributed by atoms with Crippen LogP contribution in [0.25, 0.3) is 0 Å². The molecule has 1 saturated heterocycles. The highest BCUT2D eigenvalue weighted by atomic mass is 15.3. The van der Waals surface area contributed by atoms with Crippen molar-refractivity contribution in [3.05, 3.63) is 29.3 Å². The Morgan fingerprint density at radius 3 is 2.48 bits per heavy atom. The van der Waals surface area contributed by atoms with Gasteiger partial charge in [-0.25, -0.2) is 0 Å². The van der Waals surface area contributed by atoms with Crippen molar-refractivity contribution in [2.45, 2.75) is 32.7 Å². The lowest BCUT2D eigenvalue weighted by molar-refractivity contribution is 0.211. The van der Waals surface area contributed by atoms with Gasteiger partial charge in [-0.05, 0) is 31.0 Å². The van der Waals surface area contributed by atoms with Crippen molar-refractivity contribution in [1.29, 1.82) is 10.5 Å². The zero-order valence-corrected chi connectivity index (χ0v) is 12.8. The first-order valence-corrected chi connectivity index (χ1v) is 7.59. The Bertz CT molecular complexity index is 559. The molecule has 1 aliphatic heterocycles. The topological polar surface area (TPSA) is 54.1 Å². The first-order chi connectivity index (χ1) is 10.2. The Morgan fingerprint density at radius 2 is 1.90 bits per heavy atom. The SMILES string of the molecule is CCCC(C#N)N1CCN(c2ccc(C)cc2C#N)CC1. The number of hydrogen-bond acceptors (Lipinski definition) is 4. The van der Waals surface area contributed by atoms with E-state index in [-0.39, 0.29) is 6.04 Å². The van der Waals surface area contributed by atoms with Crippen LogP contribution in [0.5, 0.6) is 0 Å². The maximum atomic E-state index is 9.29. The van der Waals surface area contributed by atoms with Crippen LogP contribution in [0.15, 0.2) is 18.2 Å². The largest absolute Gasteiger partial charge is 0.368 e. The third-order valence-electron chi connectivity index (χ3n) is 4.08. The number of rotatable bonds is 4. The van der Waals surface area contributed by atoms with Crippen LogP contribution in [-0.4, -0.2) is 37.1 Å². The fourth-order valence-electron chi connectivity index (χ4n) is 2.89. The normalized spacial score (nSPS) is 17.0. The molecule has 1 fully saturated rings. The zero-order chi connectivity index (χ0) is 15.2. The summed E-state index contributed by atoms with van der Waals surface area (Å²) in [5, 5.41) is 18.5. The van der Waals surface area contributed by atoms with Crippen LogP contribution in [0.2, 0.25) is 0 Å². The molecule has 0 spiro atoms. The Labute approximate surface area is 127 Å². The fraction of sp³-hybridized carbons (Fsp3) is 0.529. The first kappa shape index (κ1) is 15.4. The quantitative estimate of drug-likeness (QED) is 0.852. The second-order valence-electron chi connectivity index (χ2n) is 5.59. The number of benzene rings is 1. The van der Waals surface area contributed by atoms with Gasteiger partial charge in [0.1, 0.15) is 6.07 Å². The van der Waals surface area contributed by atoms with Crippen LogP contribution in [0.4, 0.5) is 5.69 Å². The molecule has 1 atom stereocenters. The van der Waals surface area contributed by atoms with E-state index >= 15 is 0 Å². The van der Waals surface area contributed by atoms with Crippen molar-refractivity contribution in [1.82, 2.24) is 4.90 Å². The van der Waals surface area contributed by atoms with Crippen molar-refractivity contribution >= 4 is 5.69 Å². The highest BCUT2D eigenvalue weighted by Gasteiger charge is 2.24. The molecule has 4 heteroatoms. The predicted octanol–water partition coefficient (Wildman–Crippen LogP) is 2.68. The molecule has 110 valence electrons. The summed E-state index contributed by atoms with van der Waals surface area (Å²) in [6.07, 6.45) is 1.97. The molecule has 1 aromatic rings. The molecule has 1 aromatic carbocycles. The molecule has 1 aliphatic rings. The minimum Gasteiger partial charge on any atom is -0.368 e. The zero-order valence-electron chi connectivity index (χ0n) is 12.8. The molecule has 0 N–H and O–H groups in total. The molecule has 0 aromatic heterocycles. The van der Waals surface area contributed by atoms with Crippen LogP contribution in [0.3, 0.4) is 0 Å². The molecule has 2 rings (SSSR count). The van der Waals surface area contributed by atoms with Gasteiger partial charge in [0.2, 0.25) is 0 Å². The molecular weight excluding hydrogens is 260 g/mol. The summed E-state index contributed by atoms with van der Waals surface area (Å²) in [6.45, 7) is 7.64. The molecule has 0 bridgehead atoms. The third kappa shape index (κ3) is 3.54. The maximum absolute atomic E-state index is 9.29. The van der Waals surface area contributed by atoms with Gasteiger partial charge in [0, 0.05) is 26.2 Å². The Morgan fingerprint density at radius 1 is 1.19 bits per heavy atom. The highest BCUT2D eigenvalue weighted by Crippen LogP contribution is 2.23. The number of nitriles is 2. The van der Waals surface area contributed by atoms with E-state index in [1.165, 1.54) is 0 Å². The van der Waals surface area contributed by atoms with Gasteiger partial charge in [-0.15, -0.1) is 0 Å². The van der Waals surface area contributed by atoms with Crippen molar-refractivity contribution < 1.29 is 0 Å². The molecule has 1 heterocycles. The summed E-state index contributed by atoms with van der Waals surface area (Å²) >= 11 is 0. The maximum Gasteiger partial charge on any atom is 0.101 e. The average Bonchev–Trinajstić information content (AvgIpc) is 2.52. The molecule has 0 radical (unpaired) electrons. The summed E-state index contributed by atoms with van der Waals surface area (Å²) in [5.74, 6) is 0. The predicted molar refractivity (Wildman–Crippen MR) is 84.0 cm³/mol. The molecule has 0 amide bonds. The van der Waals surface area contributed by atoms with Gasteiger partial charge < -0.3 is 4.90 Å². The summed E-state index contributed by atoms with van der Waals surface area (Å²) in [7, 11) is 0. The molecule has 0 aliphatic carbocycles. The van der Waals surface area contributed by atoms with Crippen LogP contribution in [0, 0.1) is 29.6 Å². The molecule has 4 nitrogen and oxygen atoms in total.